The van der Waals surface area contributed by atoms with Gasteiger partial charge in [0.2, 0.25) is 0 Å². The number of benzene rings is 14. The molecule has 0 saturated heterocycles. The largest absolute Gasteiger partial charge is 0.311 e. The van der Waals surface area contributed by atoms with Crippen molar-refractivity contribution in [2.75, 3.05) is 9.80 Å². The van der Waals surface area contributed by atoms with Gasteiger partial charge in [0.15, 0.2) is 0 Å². The third-order valence-electron chi connectivity index (χ3n) is 22.6. The number of nitrogens with zero attached hydrogens (tertiary/aromatic N) is 4. The quantitative estimate of drug-likeness (QED) is 0.154. The second-order valence-corrected chi connectivity index (χ2v) is 31.4. The molecule has 5 heteroatoms. The van der Waals surface area contributed by atoms with Crippen LogP contribution < -0.4 is 26.2 Å². The Bertz CT molecular complexity index is 6610. The number of aromatic nitrogens is 2. The lowest BCUT2D eigenvalue weighted by Gasteiger charge is -2.46. The van der Waals surface area contributed by atoms with Gasteiger partial charge in [-0.2, -0.15) is 0 Å². The molecule has 4 nitrogen and oxygen atoms in total. The van der Waals surface area contributed by atoms with Crippen LogP contribution >= 0.6 is 0 Å². The zero-order valence-electron chi connectivity index (χ0n) is 66.6. The van der Waals surface area contributed by atoms with E-state index in [0.29, 0.717) is 5.69 Å². The molecule has 0 atom stereocenters. The Hall–Kier alpha value is -11.7. The molecule has 488 valence electrons. The fraction of sp³-hybridized carbons (Fsp3) is 0.134. The first-order valence-electron chi connectivity index (χ1n) is 39.7. The van der Waals surface area contributed by atoms with Crippen LogP contribution in [0.4, 0.5) is 34.1 Å². The van der Waals surface area contributed by atoms with Crippen LogP contribution in [0.2, 0.25) is 0 Å². The predicted octanol–water partition coefficient (Wildman–Crippen LogP) is 23.5. The van der Waals surface area contributed by atoms with Crippen LogP contribution in [0.25, 0.3) is 99.5 Å². The Labute approximate surface area is 609 Å². The summed E-state index contributed by atoms with van der Waals surface area (Å²) in [5, 5.41) is 2.36. The van der Waals surface area contributed by atoms with Gasteiger partial charge in [-0.15, -0.1) is 0 Å². The number of rotatable bonds is 6. The minimum Gasteiger partial charge on any atom is -0.311 e. The van der Waals surface area contributed by atoms with E-state index in [2.05, 4.69) is 319 Å². The molecule has 0 fully saturated rings. The van der Waals surface area contributed by atoms with E-state index in [9.17, 15) is 8.22 Å². The summed E-state index contributed by atoms with van der Waals surface area (Å²) in [6, 6.07) is 91.0. The summed E-state index contributed by atoms with van der Waals surface area (Å²) in [5.74, 6) is 0. The summed E-state index contributed by atoms with van der Waals surface area (Å²) in [6.45, 7) is 20.0. The van der Waals surface area contributed by atoms with Gasteiger partial charge >= 0.3 is 0 Å². The first-order valence-corrected chi connectivity index (χ1v) is 35.7. The lowest BCUT2D eigenvalue weighted by atomic mass is 9.33. The summed E-state index contributed by atoms with van der Waals surface area (Å²) in [4.78, 5) is 4.98. The third kappa shape index (κ3) is 8.58. The van der Waals surface area contributed by atoms with Crippen LogP contribution in [0, 0.1) is 0 Å². The Balaban J connectivity index is 0.924. The van der Waals surface area contributed by atoms with Crippen molar-refractivity contribution in [2.45, 2.75) is 84.0 Å². The molecule has 0 saturated carbocycles. The fourth-order valence-corrected chi connectivity index (χ4v) is 17.8. The molecule has 20 rings (SSSR count). The lowest BCUT2D eigenvalue weighted by Crippen LogP contribution is -2.61. The highest BCUT2D eigenvalue weighted by Crippen LogP contribution is 2.64. The molecule has 0 N–H and O–H groups in total. The highest BCUT2D eigenvalue weighted by Gasteiger charge is 2.52. The van der Waals surface area contributed by atoms with E-state index in [0.717, 1.165) is 111 Å². The Kier molecular flexibility index (Phi) is 11.1. The van der Waals surface area contributed by atoms with Crippen molar-refractivity contribution < 1.29 is 11.0 Å². The molecule has 2 aliphatic carbocycles. The van der Waals surface area contributed by atoms with Crippen molar-refractivity contribution >= 4 is 101 Å². The maximum absolute atomic E-state index is 9.77. The first kappa shape index (κ1) is 52.4. The van der Waals surface area contributed by atoms with Gasteiger partial charge in [-0.05, 0) is 196 Å². The normalized spacial score (nSPS) is 15.0. The zero-order chi connectivity index (χ0) is 75.8. The van der Waals surface area contributed by atoms with Crippen molar-refractivity contribution in [3.63, 3.8) is 0 Å². The molecule has 16 aromatic rings. The summed E-state index contributed by atoms with van der Waals surface area (Å²) in [6.07, 6.45) is 0. The van der Waals surface area contributed by atoms with Crippen LogP contribution in [0.5, 0.6) is 0 Å². The van der Waals surface area contributed by atoms with E-state index in [-0.39, 0.29) is 56.8 Å². The molecule has 2 aromatic heterocycles. The van der Waals surface area contributed by atoms with Gasteiger partial charge in [-0.3, -0.25) is 0 Å². The molecule has 0 radical (unpaired) electrons. The summed E-state index contributed by atoms with van der Waals surface area (Å²) >= 11 is 0. The Morgan fingerprint density at radius 3 is 1.22 bits per heavy atom. The van der Waals surface area contributed by atoms with Gasteiger partial charge in [0.25, 0.3) is 6.71 Å². The molecular formula is C97H77BN4. The van der Waals surface area contributed by atoms with E-state index >= 15 is 0 Å². The highest BCUT2D eigenvalue weighted by atomic mass is 15.2. The van der Waals surface area contributed by atoms with Gasteiger partial charge in [0, 0.05) is 66.8 Å². The summed E-state index contributed by atoms with van der Waals surface area (Å²) in [5.41, 5.74) is 28.7. The second kappa shape index (κ2) is 21.7. The van der Waals surface area contributed by atoms with Crippen LogP contribution in [0.1, 0.15) is 112 Å². The minimum atomic E-state index is -0.588. The van der Waals surface area contributed by atoms with Gasteiger partial charge < -0.3 is 18.9 Å². The van der Waals surface area contributed by atoms with Crippen molar-refractivity contribution in [3.05, 3.63) is 342 Å². The van der Waals surface area contributed by atoms with Gasteiger partial charge in [-0.1, -0.05) is 274 Å². The minimum absolute atomic E-state index is 0.0236. The van der Waals surface area contributed by atoms with E-state index in [1.165, 1.54) is 50.1 Å². The van der Waals surface area contributed by atoms with Gasteiger partial charge in [-0.25, -0.2) is 0 Å². The molecule has 4 aliphatic rings. The Morgan fingerprint density at radius 1 is 0.294 bits per heavy atom. The molecule has 102 heavy (non-hydrogen) atoms. The van der Waals surface area contributed by atoms with Crippen LogP contribution in [-0.2, 0) is 21.7 Å². The van der Waals surface area contributed by atoms with Crippen LogP contribution in [0.15, 0.2) is 303 Å². The summed E-state index contributed by atoms with van der Waals surface area (Å²) < 4.78 is 79.2. The monoisotopic (exact) mass is 1320 g/mol. The molecular weight excluding hydrogens is 1230 g/mol. The molecule has 0 amide bonds. The fourth-order valence-electron chi connectivity index (χ4n) is 17.8. The standard InChI is InChI=1S/C97H77BN4/c1-94(2,3)62-44-50-86(73(52-62)60-28-12-10-13-29-60)101-89-56-65(99-83-41-25-19-35-70(83)71-36-20-26-42-84(71)99)46-48-81(89)98-82-49-47-66(57-90(82)102(92-55-64(96(7,8)9)54-91(101)93(92)98)87-51-45-63(95(4,5)6)53-74(87)61-30-14-11-15-31-61)100-85-43-27-21-37-72(85)76-58-75-69-34-18-24-40-79(69)97(80(75)59-88(76)100)77-38-22-16-32-67(77)68-33-17-23-39-78(68)97/h10-59H,1-9H3/i19D,20D,25D,26D,35D,36D,41D,42D. The van der Waals surface area contributed by atoms with Crippen molar-refractivity contribution in [1.29, 1.82) is 0 Å². The number of para-hydroxylation sites is 3. The van der Waals surface area contributed by atoms with Crippen LogP contribution in [0.3, 0.4) is 0 Å². The number of hydrogen-bond acceptors (Lipinski definition) is 2. The SMILES string of the molecule is [2H]c1c([2H])c([2H])c2c(c1[2H])c1c([2H])c([2H])c([2H])c([2H])c1n2-c1ccc2c(c1)N(c1ccc(C(C)(C)C)cc1-c1ccccc1)c1cc(C(C)(C)C)cc3c1B2c1ccc(-n2c4ccccc4c4cc5c(cc42)C2(c4ccccc4-c4ccccc42)c2ccccc2-5)cc1N3c1ccc(C(C)(C)C)cc1-c1ccccc1. The molecule has 2 aliphatic heterocycles. The first-order chi connectivity index (χ1) is 52.8. The maximum atomic E-state index is 9.77. The predicted molar refractivity (Wildman–Crippen MR) is 432 cm³/mol. The zero-order valence-corrected chi connectivity index (χ0v) is 58.6. The van der Waals surface area contributed by atoms with E-state index in [1.807, 2.05) is 12.1 Å². The maximum Gasteiger partial charge on any atom is 0.252 e. The van der Waals surface area contributed by atoms with E-state index in [1.54, 1.807) is 4.57 Å². The number of hydrogen-bond donors (Lipinski definition) is 0. The topological polar surface area (TPSA) is 16.3 Å². The second-order valence-electron chi connectivity index (χ2n) is 31.4. The number of anilines is 6. The molecule has 4 heterocycles. The molecule has 0 unspecified atom stereocenters. The summed E-state index contributed by atoms with van der Waals surface area (Å²) in [7, 11) is 0. The smallest absolute Gasteiger partial charge is 0.252 e. The van der Waals surface area contributed by atoms with E-state index in [4.69, 9.17) is 2.74 Å². The van der Waals surface area contributed by atoms with Crippen molar-refractivity contribution in [1.82, 2.24) is 9.13 Å². The average molecular weight is 1320 g/mol. The van der Waals surface area contributed by atoms with Gasteiger partial charge in [0.05, 0.1) is 49.8 Å². The van der Waals surface area contributed by atoms with Crippen molar-refractivity contribution in [2.24, 2.45) is 0 Å². The number of fused-ring (bicyclic) bond motifs is 20. The highest BCUT2D eigenvalue weighted by molar-refractivity contribution is 7.00. The molecule has 1 spiro atoms. The lowest BCUT2D eigenvalue weighted by molar-refractivity contribution is 0.590. The van der Waals surface area contributed by atoms with Gasteiger partial charge in [0.1, 0.15) is 0 Å². The van der Waals surface area contributed by atoms with E-state index < -0.39 is 41.7 Å². The Morgan fingerprint density at radius 2 is 0.725 bits per heavy atom. The molecule has 14 aromatic carbocycles. The van der Waals surface area contributed by atoms with Crippen molar-refractivity contribution in [3.8, 4) is 55.9 Å². The average Bonchev–Trinajstić information content (AvgIpc) is 1.43. The van der Waals surface area contributed by atoms with Crippen LogP contribution in [-0.4, -0.2) is 15.8 Å². The molecule has 0 bridgehead atoms. The third-order valence-corrected chi connectivity index (χ3v) is 22.6.